The van der Waals surface area contributed by atoms with Crippen molar-refractivity contribution in [3.05, 3.63) is 0 Å². The topological polar surface area (TPSA) is 78.9 Å². The van der Waals surface area contributed by atoms with Crippen LogP contribution in [-0.2, 0) is 28.6 Å². The summed E-state index contributed by atoms with van der Waals surface area (Å²) in [4.78, 5) is 38.4. The summed E-state index contributed by atoms with van der Waals surface area (Å²) in [6.45, 7) is 13.9. The van der Waals surface area contributed by atoms with Crippen molar-refractivity contribution >= 4 is 17.9 Å². The number of rotatable bonds is 60. The predicted molar refractivity (Wildman–Crippen MR) is 316 cm³/mol. The van der Waals surface area contributed by atoms with Crippen molar-refractivity contribution in [3.8, 4) is 0 Å². The van der Waals surface area contributed by atoms with Gasteiger partial charge in [-0.15, -0.1) is 0 Å². The smallest absolute Gasteiger partial charge is 0.306 e. The molecule has 0 fully saturated rings. The van der Waals surface area contributed by atoms with Gasteiger partial charge < -0.3 is 14.2 Å². The number of ether oxygens (including phenoxy) is 3. The molecule has 0 spiro atoms. The highest BCUT2D eigenvalue weighted by atomic mass is 16.6. The van der Waals surface area contributed by atoms with Gasteiger partial charge in [-0.25, -0.2) is 0 Å². The Morgan fingerprint density at radius 3 is 0.712 bits per heavy atom. The average molecular weight is 1030 g/mol. The lowest BCUT2D eigenvalue weighted by atomic mass is 9.99. The Morgan fingerprint density at radius 2 is 0.479 bits per heavy atom. The van der Waals surface area contributed by atoms with Crippen LogP contribution >= 0.6 is 0 Å². The van der Waals surface area contributed by atoms with Crippen molar-refractivity contribution < 1.29 is 28.6 Å². The number of carbonyl (C=O) groups is 3. The summed E-state index contributed by atoms with van der Waals surface area (Å²) >= 11 is 0. The van der Waals surface area contributed by atoms with Gasteiger partial charge in [0.25, 0.3) is 0 Å². The molecule has 0 aliphatic carbocycles. The molecule has 0 saturated heterocycles. The van der Waals surface area contributed by atoms with Crippen LogP contribution in [0.4, 0.5) is 0 Å². The summed E-state index contributed by atoms with van der Waals surface area (Å²) in [5, 5.41) is 0. The first-order valence-electron chi connectivity index (χ1n) is 33.1. The minimum Gasteiger partial charge on any atom is -0.462 e. The number of carbonyl (C=O) groups excluding carboxylic acids is 3. The van der Waals surface area contributed by atoms with Crippen LogP contribution in [0, 0.1) is 17.8 Å². The van der Waals surface area contributed by atoms with E-state index in [1.54, 1.807) is 0 Å². The van der Waals surface area contributed by atoms with Crippen LogP contribution in [0.1, 0.15) is 375 Å². The maximum Gasteiger partial charge on any atom is 0.306 e. The fraction of sp³-hybridized carbons (Fsp3) is 0.955. The molecule has 0 aliphatic heterocycles. The quantitative estimate of drug-likeness (QED) is 0.0343. The molecule has 434 valence electrons. The van der Waals surface area contributed by atoms with Crippen molar-refractivity contribution in [2.75, 3.05) is 13.2 Å². The highest BCUT2D eigenvalue weighted by Gasteiger charge is 2.20. The molecule has 0 aliphatic rings. The Labute approximate surface area is 457 Å². The largest absolute Gasteiger partial charge is 0.462 e. The summed E-state index contributed by atoms with van der Waals surface area (Å²) in [6.07, 6.45) is 63.9. The van der Waals surface area contributed by atoms with E-state index in [0.717, 1.165) is 75.5 Å². The van der Waals surface area contributed by atoms with Crippen LogP contribution in [0.5, 0.6) is 0 Å². The second-order valence-corrected chi connectivity index (χ2v) is 24.3. The van der Waals surface area contributed by atoms with E-state index in [-0.39, 0.29) is 31.1 Å². The molecule has 0 aromatic carbocycles. The number of esters is 3. The lowest BCUT2D eigenvalue weighted by Crippen LogP contribution is -2.30. The first-order valence-corrected chi connectivity index (χ1v) is 33.1. The second-order valence-electron chi connectivity index (χ2n) is 24.3. The molecule has 2 atom stereocenters. The second kappa shape index (κ2) is 58.1. The third-order valence-electron chi connectivity index (χ3n) is 15.8. The SMILES string of the molecule is CCC(C)CCCCCCCCCCCCCCCCCCCCC(=O)OC[C@@H](COC(=O)CCCCCCCCCCCCCCCCC(C)C)OC(=O)CCCCCCCCCCCCCCCC(C)C. The summed E-state index contributed by atoms with van der Waals surface area (Å²) in [7, 11) is 0. The lowest BCUT2D eigenvalue weighted by molar-refractivity contribution is -0.167. The summed E-state index contributed by atoms with van der Waals surface area (Å²) in [6, 6.07) is 0. The third-order valence-corrected chi connectivity index (χ3v) is 15.8. The fourth-order valence-corrected chi connectivity index (χ4v) is 10.4. The van der Waals surface area contributed by atoms with E-state index >= 15 is 0 Å². The molecule has 0 aromatic rings. The molecule has 0 rings (SSSR count). The first-order chi connectivity index (χ1) is 35.6. The van der Waals surface area contributed by atoms with Gasteiger partial charge in [0.1, 0.15) is 13.2 Å². The number of unbranched alkanes of at least 4 members (excludes halogenated alkanes) is 42. The van der Waals surface area contributed by atoms with Crippen LogP contribution in [0.15, 0.2) is 0 Å². The number of hydrogen-bond acceptors (Lipinski definition) is 6. The Kier molecular flexibility index (Phi) is 56.8. The minimum absolute atomic E-state index is 0.0623. The van der Waals surface area contributed by atoms with Gasteiger partial charge in [-0.3, -0.25) is 14.4 Å². The molecule has 6 nitrogen and oxygen atoms in total. The molecule has 1 unspecified atom stereocenters. The Balaban J connectivity index is 4.26. The van der Waals surface area contributed by atoms with E-state index in [1.165, 1.54) is 257 Å². The zero-order chi connectivity index (χ0) is 53.3. The molecular weight excluding hydrogens is 901 g/mol. The summed E-state index contributed by atoms with van der Waals surface area (Å²) in [5.41, 5.74) is 0. The third kappa shape index (κ3) is 59.5. The van der Waals surface area contributed by atoms with Gasteiger partial charge in [0.2, 0.25) is 0 Å². The van der Waals surface area contributed by atoms with Gasteiger partial charge in [0.05, 0.1) is 0 Å². The standard InChI is InChI=1S/C67H130O6/c1-7-63(6)55-49-43-37-31-25-19-12-10-8-9-11-13-20-26-32-38-44-50-56-65(68)71-59-64(73-67(70)58-52-46-40-34-28-22-16-18-24-30-36-42-48-54-62(4)5)60-72-66(69)57-51-45-39-33-27-21-15-14-17-23-29-35-41-47-53-61(2)3/h61-64H,7-60H2,1-6H3/t63?,64-/m0/s1. The lowest BCUT2D eigenvalue weighted by Gasteiger charge is -2.18. The molecule has 0 saturated carbocycles. The van der Waals surface area contributed by atoms with E-state index in [1.807, 2.05) is 0 Å². The van der Waals surface area contributed by atoms with Gasteiger partial charge in [-0.05, 0) is 37.0 Å². The summed E-state index contributed by atoms with van der Waals surface area (Å²) < 4.78 is 17.0. The predicted octanol–water partition coefficient (Wildman–Crippen LogP) is 22.2. The first kappa shape index (κ1) is 71.4. The van der Waals surface area contributed by atoms with Gasteiger partial charge in [0.15, 0.2) is 6.10 Å². The maximum atomic E-state index is 12.9. The molecule has 0 aromatic heterocycles. The molecule has 0 heterocycles. The normalized spacial score (nSPS) is 12.5. The molecule has 0 radical (unpaired) electrons. The van der Waals surface area contributed by atoms with Gasteiger partial charge in [-0.2, -0.15) is 0 Å². The maximum absolute atomic E-state index is 12.9. The highest BCUT2D eigenvalue weighted by molar-refractivity contribution is 5.71. The highest BCUT2D eigenvalue weighted by Crippen LogP contribution is 2.20. The van der Waals surface area contributed by atoms with E-state index in [0.29, 0.717) is 19.3 Å². The molecule has 0 N–H and O–H groups in total. The molecule has 6 heteroatoms. The molecule has 0 amide bonds. The monoisotopic (exact) mass is 1030 g/mol. The Hall–Kier alpha value is -1.59. The van der Waals surface area contributed by atoms with Crippen LogP contribution in [0.3, 0.4) is 0 Å². The fourth-order valence-electron chi connectivity index (χ4n) is 10.4. The van der Waals surface area contributed by atoms with E-state index in [9.17, 15) is 14.4 Å². The minimum atomic E-state index is -0.765. The van der Waals surface area contributed by atoms with E-state index in [4.69, 9.17) is 14.2 Å². The molecular formula is C67H130O6. The summed E-state index contributed by atoms with van der Waals surface area (Å²) in [5.74, 6) is 1.76. The van der Waals surface area contributed by atoms with Crippen LogP contribution < -0.4 is 0 Å². The number of hydrogen-bond donors (Lipinski definition) is 0. The van der Waals surface area contributed by atoms with Crippen molar-refractivity contribution in [2.24, 2.45) is 17.8 Å². The van der Waals surface area contributed by atoms with E-state index < -0.39 is 6.10 Å². The van der Waals surface area contributed by atoms with Gasteiger partial charge in [0, 0.05) is 19.3 Å². The van der Waals surface area contributed by atoms with Crippen molar-refractivity contribution in [3.63, 3.8) is 0 Å². The Bertz CT molecular complexity index is 1130. The molecule has 73 heavy (non-hydrogen) atoms. The van der Waals surface area contributed by atoms with Crippen LogP contribution in [0.25, 0.3) is 0 Å². The zero-order valence-electron chi connectivity index (χ0n) is 50.4. The van der Waals surface area contributed by atoms with Gasteiger partial charge >= 0.3 is 17.9 Å². The van der Waals surface area contributed by atoms with Gasteiger partial charge in [-0.1, -0.05) is 337 Å². The molecule has 0 bridgehead atoms. The van der Waals surface area contributed by atoms with Crippen molar-refractivity contribution in [1.29, 1.82) is 0 Å². The van der Waals surface area contributed by atoms with E-state index in [2.05, 4.69) is 41.5 Å². The van der Waals surface area contributed by atoms with Crippen LogP contribution in [0.2, 0.25) is 0 Å². The van der Waals surface area contributed by atoms with Crippen molar-refractivity contribution in [2.45, 2.75) is 382 Å². The van der Waals surface area contributed by atoms with Crippen LogP contribution in [-0.4, -0.2) is 37.2 Å². The van der Waals surface area contributed by atoms with Crippen molar-refractivity contribution in [1.82, 2.24) is 0 Å². The average Bonchev–Trinajstić information content (AvgIpc) is 3.37. The Morgan fingerprint density at radius 1 is 0.274 bits per heavy atom. The zero-order valence-corrected chi connectivity index (χ0v) is 50.4.